The fourth-order valence-corrected chi connectivity index (χ4v) is 3.91. The maximum atomic E-state index is 11.3. The van der Waals surface area contributed by atoms with Gasteiger partial charge in [-0.05, 0) is 46.4 Å². The normalized spacial score (nSPS) is 13.2. The van der Waals surface area contributed by atoms with Crippen LogP contribution in [-0.4, -0.2) is 33.8 Å². The second-order valence-electron chi connectivity index (χ2n) is 9.04. The molecule has 0 aliphatic heterocycles. The van der Waals surface area contributed by atoms with Crippen molar-refractivity contribution < 1.29 is 9.90 Å². The molecule has 0 saturated heterocycles. The Balaban J connectivity index is 2.15. The van der Waals surface area contributed by atoms with E-state index in [1.807, 2.05) is 54.9 Å². The quantitative estimate of drug-likeness (QED) is 0.473. The summed E-state index contributed by atoms with van der Waals surface area (Å²) in [7, 11) is 0. The number of aromatic nitrogens is 2. The number of hydrogen-bond acceptors (Lipinski definition) is 5. The lowest BCUT2D eigenvalue weighted by atomic mass is 9.80. The third-order valence-electron chi connectivity index (χ3n) is 5.68. The van der Waals surface area contributed by atoms with Crippen LogP contribution in [0, 0.1) is 16.7 Å². The van der Waals surface area contributed by atoms with Crippen molar-refractivity contribution in [2.75, 3.05) is 6.54 Å². The second kappa shape index (κ2) is 10.7. The molecule has 0 radical (unpaired) electrons. The molecule has 2 unspecified atom stereocenters. The average molecular weight is 444 g/mol. The highest BCUT2D eigenvalue weighted by atomic mass is 16.4. The lowest BCUT2D eigenvalue weighted by Gasteiger charge is -2.38. The number of rotatable bonds is 8. The Hall–Kier alpha value is -3.76. The molecule has 1 aromatic carbocycles. The van der Waals surface area contributed by atoms with E-state index in [0.717, 1.165) is 16.7 Å². The van der Waals surface area contributed by atoms with Gasteiger partial charge in [0.25, 0.3) is 0 Å². The molecular weight excluding hydrogens is 414 g/mol. The smallest absolute Gasteiger partial charge is 0.404 e. The Labute approximate surface area is 194 Å². The van der Waals surface area contributed by atoms with Gasteiger partial charge in [-0.3, -0.25) is 9.97 Å². The molecule has 3 N–H and O–H groups in total. The van der Waals surface area contributed by atoms with E-state index < -0.39 is 6.09 Å². The van der Waals surface area contributed by atoms with Crippen molar-refractivity contribution >= 4 is 6.09 Å². The van der Waals surface area contributed by atoms with E-state index in [4.69, 9.17) is 0 Å². The van der Waals surface area contributed by atoms with E-state index >= 15 is 0 Å². The summed E-state index contributed by atoms with van der Waals surface area (Å²) < 4.78 is 0. The molecule has 1 amide bonds. The molecule has 7 nitrogen and oxygen atoms in total. The van der Waals surface area contributed by atoms with E-state index in [1.165, 1.54) is 0 Å². The Morgan fingerprint density at radius 3 is 2.12 bits per heavy atom. The van der Waals surface area contributed by atoms with Gasteiger partial charge in [-0.1, -0.05) is 45.0 Å². The first-order chi connectivity index (χ1) is 15.8. The van der Waals surface area contributed by atoms with Crippen molar-refractivity contribution in [3.05, 3.63) is 95.6 Å². The van der Waals surface area contributed by atoms with E-state index in [1.54, 1.807) is 18.5 Å². The van der Waals surface area contributed by atoms with Crippen LogP contribution in [0.25, 0.3) is 0 Å². The lowest BCUT2D eigenvalue weighted by Crippen LogP contribution is -2.50. The van der Waals surface area contributed by atoms with Crippen LogP contribution in [0.15, 0.2) is 73.3 Å². The summed E-state index contributed by atoms with van der Waals surface area (Å²) in [6.07, 6.45) is 6.07. The van der Waals surface area contributed by atoms with E-state index in [9.17, 15) is 15.2 Å². The molecular formula is C26H29N5O2. The molecule has 0 bridgehead atoms. The molecule has 0 aliphatic carbocycles. The van der Waals surface area contributed by atoms with Crippen molar-refractivity contribution in [3.8, 4) is 6.07 Å². The van der Waals surface area contributed by atoms with Crippen LogP contribution in [0.5, 0.6) is 0 Å². The lowest BCUT2D eigenvalue weighted by molar-refractivity contribution is 0.183. The highest BCUT2D eigenvalue weighted by molar-refractivity contribution is 5.64. The Morgan fingerprint density at radius 1 is 1.03 bits per heavy atom. The van der Waals surface area contributed by atoms with Gasteiger partial charge >= 0.3 is 6.09 Å². The van der Waals surface area contributed by atoms with Crippen LogP contribution < -0.4 is 10.6 Å². The van der Waals surface area contributed by atoms with Gasteiger partial charge in [0.2, 0.25) is 0 Å². The number of nitrogens with one attached hydrogen (secondary N) is 2. The van der Waals surface area contributed by atoms with Crippen LogP contribution in [0.2, 0.25) is 0 Å². The number of benzene rings is 1. The molecule has 3 rings (SSSR count). The molecule has 170 valence electrons. The fraction of sp³-hybridized carbons (Fsp3) is 0.308. The number of nitriles is 1. The number of nitrogens with zero attached hydrogens (tertiary/aromatic N) is 3. The summed E-state index contributed by atoms with van der Waals surface area (Å²) in [4.78, 5) is 19.9. The van der Waals surface area contributed by atoms with E-state index in [-0.39, 0.29) is 30.0 Å². The van der Waals surface area contributed by atoms with Crippen molar-refractivity contribution in [3.63, 3.8) is 0 Å². The number of hydrogen-bond donors (Lipinski definition) is 3. The van der Waals surface area contributed by atoms with Gasteiger partial charge in [0, 0.05) is 49.3 Å². The SMILES string of the molecule is CC(C)(C)C(CNC(=O)O)NC(c1cccc(C#N)c1)C(c1cccnc1)c1cccnc1. The average Bonchev–Trinajstić information content (AvgIpc) is 2.81. The van der Waals surface area contributed by atoms with Crippen molar-refractivity contribution in [2.45, 2.75) is 38.8 Å². The van der Waals surface area contributed by atoms with Gasteiger partial charge in [-0.15, -0.1) is 0 Å². The molecule has 0 spiro atoms. The minimum absolute atomic E-state index is 0.170. The summed E-state index contributed by atoms with van der Waals surface area (Å²) in [5.74, 6) is -0.170. The first kappa shape index (κ1) is 23.9. The molecule has 7 heteroatoms. The maximum absolute atomic E-state index is 11.3. The topological polar surface area (TPSA) is 111 Å². The number of amides is 1. The summed E-state index contributed by atoms with van der Waals surface area (Å²) in [5.41, 5.74) is 3.22. The zero-order valence-electron chi connectivity index (χ0n) is 19.1. The Morgan fingerprint density at radius 2 is 1.64 bits per heavy atom. The third-order valence-corrected chi connectivity index (χ3v) is 5.68. The van der Waals surface area contributed by atoms with Crippen LogP contribution in [0.4, 0.5) is 4.79 Å². The predicted octanol–water partition coefficient (Wildman–Crippen LogP) is 4.49. The van der Waals surface area contributed by atoms with E-state index in [2.05, 4.69) is 47.4 Å². The van der Waals surface area contributed by atoms with Crippen LogP contribution in [-0.2, 0) is 0 Å². The van der Waals surface area contributed by atoms with Gasteiger partial charge < -0.3 is 15.7 Å². The largest absolute Gasteiger partial charge is 0.465 e. The van der Waals surface area contributed by atoms with E-state index in [0.29, 0.717) is 5.56 Å². The van der Waals surface area contributed by atoms with Crippen molar-refractivity contribution in [1.82, 2.24) is 20.6 Å². The first-order valence-electron chi connectivity index (χ1n) is 10.8. The molecule has 2 heterocycles. The van der Waals surface area contributed by atoms with Crippen molar-refractivity contribution in [1.29, 1.82) is 5.26 Å². The highest BCUT2D eigenvalue weighted by Crippen LogP contribution is 2.38. The predicted molar refractivity (Wildman–Crippen MR) is 127 cm³/mol. The van der Waals surface area contributed by atoms with Crippen LogP contribution in [0.1, 0.15) is 55.0 Å². The van der Waals surface area contributed by atoms with Gasteiger partial charge in [0.05, 0.1) is 11.6 Å². The Kier molecular flexibility index (Phi) is 7.75. The summed E-state index contributed by atoms with van der Waals surface area (Å²) >= 11 is 0. The first-order valence-corrected chi connectivity index (χ1v) is 10.8. The summed E-state index contributed by atoms with van der Waals surface area (Å²) in [6.45, 7) is 6.44. The summed E-state index contributed by atoms with van der Waals surface area (Å²) in [6, 6.07) is 17.1. The second-order valence-corrected chi connectivity index (χ2v) is 9.04. The maximum Gasteiger partial charge on any atom is 0.404 e. The molecule has 33 heavy (non-hydrogen) atoms. The third kappa shape index (κ3) is 6.37. The zero-order chi connectivity index (χ0) is 23.8. The molecule has 0 aliphatic rings. The standard InChI is InChI=1S/C26H29N5O2/c1-26(2,3)22(17-30-25(32)33)31-24(19-8-4-7-18(13-19)14-27)23(20-9-5-11-28-15-20)21-10-6-12-29-16-21/h4-13,15-16,22-24,30-31H,17H2,1-3H3,(H,32,33). The number of carboxylic acid groups (broad SMARTS) is 1. The molecule has 3 aromatic rings. The van der Waals surface area contributed by atoms with Gasteiger partial charge in [0.15, 0.2) is 0 Å². The number of pyridine rings is 2. The van der Waals surface area contributed by atoms with Gasteiger partial charge in [-0.2, -0.15) is 5.26 Å². The summed E-state index contributed by atoms with van der Waals surface area (Å²) in [5, 5.41) is 25.0. The molecule has 0 fully saturated rings. The van der Waals surface area contributed by atoms with Crippen LogP contribution in [0.3, 0.4) is 0 Å². The molecule has 0 saturated carbocycles. The van der Waals surface area contributed by atoms with Crippen LogP contribution >= 0.6 is 0 Å². The zero-order valence-corrected chi connectivity index (χ0v) is 19.1. The van der Waals surface area contributed by atoms with Crippen molar-refractivity contribution in [2.24, 2.45) is 5.41 Å². The van der Waals surface area contributed by atoms with Gasteiger partial charge in [0.1, 0.15) is 0 Å². The highest BCUT2D eigenvalue weighted by Gasteiger charge is 2.33. The van der Waals surface area contributed by atoms with Gasteiger partial charge in [-0.25, -0.2) is 4.79 Å². The minimum Gasteiger partial charge on any atom is -0.465 e. The molecule has 2 aromatic heterocycles. The molecule has 2 atom stereocenters. The Bertz CT molecular complexity index is 1050. The number of carbonyl (C=O) groups is 1. The fourth-order valence-electron chi connectivity index (χ4n) is 3.91. The monoisotopic (exact) mass is 443 g/mol. The minimum atomic E-state index is -1.06.